The van der Waals surface area contributed by atoms with Crippen molar-refractivity contribution in [2.75, 3.05) is 19.6 Å². The number of rotatable bonds is 5. The van der Waals surface area contributed by atoms with Gasteiger partial charge in [0.05, 0.1) is 17.1 Å². The lowest BCUT2D eigenvalue weighted by Gasteiger charge is -2.32. The third-order valence-electron chi connectivity index (χ3n) is 4.81. The first kappa shape index (κ1) is 20.8. The predicted octanol–water partition coefficient (Wildman–Crippen LogP) is 2.63. The Bertz CT molecular complexity index is 879. The third kappa shape index (κ3) is 5.32. The second-order valence-electron chi connectivity index (χ2n) is 6.77. The summed E-state index contributed by atoms with van der Waals surface area (Å²) < 4.78 is 13.9. The zero-order chi connectivity index (χ0) is 20.8. The predicted molar refractivity (Wildman–Crippen MR) is 107 cm³/mol. The molecule has 29 heavy (non-hydrogen) atoms. The van der Waals surface area contributed by atoms with Gasteiger partial charge in [0.2, 0.25) is 5.91 Å². The molecule has 3 rings (SSSR count). The van der Waals surface area contributed by atoms with Gasteiger partial charge in [-0.15, -0.1) is 0 Å². The molecule has 0 spiro atoms. The van der Waals surface area contributed by atoms with Gasteiger partial charge in [0.25, 0.3) is 11.8 Å². The fourth-order valence-electron chi connectivity index (χ4n) is 3.20. The molecule has 6 nitrogen and oxygen atoms in total. The van der Waals surface area contributed by atoms with Crippen LogP contribution in [0.3, 0.4) is 0 Å². The van der Waals surface area contributed by atoms with Crippen LogP contribution in [0.15, 0.2) is 48.5 Å². The molecule has 0 aliphatic carbocycles. The van der Waals surface area contributed by atoms with E-state index in [0.717, 1.165) is 0 Å². The molecule has 0 saturated carbocycles. The van der Waals surface area contributed by atoms with Crippen molar-refractivity contribution in [2.24, 2.45) is 0 Å². The average molecular weight is 418 g/mol. The largest absolute Gasteiger partial charge is 0.349 e. The maximum absolute atomic E-state index is 13.9. The number of carbonyl (C=O) groups is 3. The highest BCUT2D eigenvalue weighted by molar-refractivity contribution is 6.33. The smallest absolute Gasteiger partial charge is 0.255 e. The van der Waals surface area contributed by atoms with Crippen LogP contribution in [-0.2, 0) is 4.79 Å². The fourth-order valence-corrected chi connectivity index (χ4v) is 3.45. The summed E-state index contributed by atoms with van der Waals surface area (Å²) in [4.78, 5) is 38.3. The molecule has 0 radical (unpaired) electrons. The van der Waals surface area contributed by atoms with Crippen molar-refractivity contribution in [3.05, 3.63) is 70.5 Å². The molecular formula is C21H21ClFN3O3. The first-order valence-electron chi connectivity index (χ1n) is 9.31. The number of carbonyl (C=O) groups excluding carboxylic acids is 3. The average Bonchev–Trinajstić information content (AvgIpc) is 2.73. The first-order valence-corrected chi connectivity index (χ1v) is 9.69. The van der Waals surface area contributed by atoms with E-state index in [1.54, 1.807) is 29.2 Å². The number of halogens is 2. The summed E-state index contributed by atoms with van der Waals surface area (Å²) in [5.74, 6) is -1.72. The van der Waals surface area contributed by atoms with Crippen molar-refractivity contribution >= 4 is 29.3 Å². The van der Waals surface area contributed by atoms with Gasteiger partial charge in [0.15, 0.2) is 0 Å². The van der Waals surface area contributed by atoms with Crippen molar-refractivity contribution in [1.29, 1.82) is 0 Å². The number of amides is 3. The van der Waals surface area contributed by atoms with Crippen molar-refractivity contribution in [2.45, 2.75) is 18.9 Å². The van der Waals surface area contributed by atoms with E-state index >= 15 is 0 Å². The van der Waals surface area contributed by atoms with E-state index in [4.69, 9.17) is 11.6 Å². The summed E-state index contributed by atoms with van der Waals surface area (Å²) in [5.41, 5.74) is 0.324. The zero-order valence-corrected chi connectivity index (χ0v) is 16.4. The standard InChI is InChI=1S/C21H21ClFN3O3/c22-16-7-4-8-17(23)19(16)21(29)25-15-9-11-26(12-10-15)18(27)13-24-20(28)14-5-2-1-3-6-14/h1-8,15H,9-13H2,(H,24,28)(H,25,29). The molecule has 0 unspecified atom stereocenters. The Kier molecular flexibility index (Phi) is 6.82. The van der Waals surface area contributed by atoms with E-state index < -0.39 is 11.7 Å². The van der Waals surface area contributed by atoms with Gasteiger partial charge in [-0.3, -0.25) is 14.4 Å². The molecule has 1 fully saturated rings. The molecule has 1 aliphatic rings. The van der Waals surface area contributed by atoms with Crippen molar-refractivity contribution in [3.63, 3.8) is 0 Å². The summed E-state index contributed by atoms with van der Waals surface area (Å²) >= 11 is 5.92. The van der Waals surface area contributed by atoms with Crippen LogP contribution in [0.25, 0.3) is 0 Å². The molecule has 2 aromatic carbocycles. The molecule has 1 heterocycles. The molecule has 152 valence electrons. The Morgan fingerprint density at radius 3 is 2.34 bits per heavy atom. The molecule has 3 amide bonds. The molecule has 2 aromatic rings. The minimum Gasteiger partial charge on any atom is -0.349 e. The van der Waals surface area contributed by atoms with Crippen LogP contribution in [-0.4, -0.2) is 48.3 Å². The van der Waals surface area contributed by atoms with Crippen molar-refractivity contribution in [1.82, 2.24) is 15.5 Å². The highest BCUT2D eigenvalue weighted by Crippen LogP contribution is 2.20. The van der Waals surface area contributed by atoms with Crippen LogP contribution in [0.2, 0.25) is 5.02 Å². The SMILES string of the molecule is O=C(NCC(=O)N1CCC(NC(=O)c2c(F)cccc2Cl)CC1)c1ccccc1. The van der Waals surface area contributed by atoms with Crippen molar-refractivity contribution < 1.29 is 18.8 Å². The topological polar surface area (TPSA) is 78.5 Å². The van der Waals surface area contributed by atoms with E-state index in [-0.39, 0.29) is 35.0 Å². The number of nitrogens with one attached hydrogen (secondary N) is 2. The Morgan fingerprint density at radius 2 is 1.69 bits per heavy atom. The Labute approximate surface area is 173 Å². The van der Waals surface area contributed by atoms with Gasteiger partial charge < -0.3 is 15.5 Å². The monoisotopic (exact) mass is 417 g/mol. The Hall–Kier alpha value is -2.93. The fraction of sp³-hybridized carbons (Fsp3) is 0.286. The van der Waals surface area contributed by atoms with E-state index in [9.17, 15) is 18.8 Å². The first-order chi connectivity index (χ1) is 14.0. The summed E-state index contributed by atoms with van der Waals surface area (Å²) in [6.45, 7) is 0.793. The van der Waals surface area contributed by atoms with Crippen LogP contribution in [0.1, 0.15) is 33.6 Å². The molecule has 1 saturated heterocycles. The number of piperidine rings is 1. The minimum atomic E-state index is -0.670. The number of hydrogen-bond donors (Lipinski definition) is 2. The molecule has 0 atom stereocenters. The molecule has 2 N–H and O–H groups in total. The summed E-state index contributed by atoms with van der Waals surface area (Å²) in [6, 6.07) is 12.6. The lowest BCUT2D eigenvalue weighted by molar-refractivity contribution is -0.131. The molecule has 8 heteroatoms. The van der Waals surface area contributed by atoms with E-state index in [1.807, 2.05) is 6.07 Å². The van der Waals surface area contributed by atoms with E-state index in [0.29, 0.717) is 31.5 Å². The Morgan fingerprint density at radius 1 is 1.00 bits per heavy atom. The normalized spacial score (nSPS) is 14.3. The van der Waals surface area contributed by atoms with Gasteiger partial charge in [-0.05, 0) is 37.1 Å². The number of nitrogens with zero attached hydrogens (tertiary/aromatic N) is 1. The molecule has 0 bridgehead atoms. The second-order valence-corrected chi connectivity index (χ2v) is 7.18. The number of hydrogen-bond acceptors (Lipinski definition) is 3. The highest BCUT2D eigenvalue weighted by Gasteiger charge is 2.25. The highest BCUT2D eigenvalue weighted by atomic mass is 35.5. The number of benzene rings is 2. The maximum atomic E-state index is 13.9. The quantitative estimate of drug-likeness (QED) is 0.785. The third-order valence-corrected chi connectivity index (χ3v) is 5.12. The summed E-state index contributed by atoms with van der Waals surface area (Å²) in [7, 11) is 0. The second kappa shape index (κ2) is 9.52. The minimum absolute atomic E-state index is 0.0595. The van der Waals surface area contributed by atoms with Crippen LogP contribution >= 0.6 is 11.6 Å². The van der Waals surface area contributed by atoms with Gasteiger partial charge in [0.1, 0.15) is 5.82 Å². The van der Waals surface area contributed by atoms with Crippen LogP contribution in [0.4, 0.5) is 4.39 Å². The van der Waals surface area contributed by atoms with Crippen LogP contribution < -0.4 is 10.6 Å². The van der Waals surface area contributed by atoms with Gasteiger partial charge in [0, 0.05) is 24.7 Å². The maximum Gasteiger partial charge on any atom is 0.255 e. The summed E-state index contributed by atoms with van der Waals surface area (Å²) in [6.07, 6.45) is 1.08. The van der Waals surface area contributed by atoms with Crippen LogP contribution in [0, 0.1) is 5.82 Å². The Balaban J connectivity index is 1.46. The van der Waals surface area contributed by atoms with Gasteiger partial charge in [-0.25, -0.2) is 4.39 Å². The number of likely N-dealkylation sites (tertiary alicyclic amines) is 1. The zero-order valence-electron chi connectivity index (χ0n) is 15.7. The summed E-state index contributed by atoms with van der Waals surface area (Å²) in [5, 5.41) is 5.45. The van der Waals surface area contributed by atoms with Gasteiger partial charge in [-0.2, -0.15) is 0 Å². The van der Waals surface area contributed by atoms with Crippen molar-refractivity contribution in [3.8, 4) is 0 Å². The lowest BCUT2D eigenvalue weighted by atomic mass is 10.0. The molecular weight excluding hydrogens is 397 g/mol. The lowest BCUT2D eigenvalue weighted by Crippen LogP contribution is -2.49. The van der Waals surface area contributed by atoms with Gasteiger partial charge >= 0.3 is 0 Å². The molecule has 1 aliphatic heterocycles. The van der Waals surface area contributed by atoms with E-state index in [2.05, 4.69) is 10.6 Å². The molecule has 0 aromatic heterocycles. The van der Waals surface area contributed by atoms with Gasteiger partial charge in [-0.1, -0.05) is 35.9 Å². The van der Waals surface area contributed by atoms with E-state index in [1.165, 1.54) is 18.2 Å². The van der Waals surface area contributed by atoms with Crippen LogP contribution in [0.5, 0.6) is 0 Å².